The number of amides is 2. The summed E-state index contributed by atoms with van der Waals surface area (Å²) in [5.41, 5.74) is 0. The van der Waals surface area contributed by atoms with Crippen molar-refractivity contribution < 1.29 is 19.5 Å². The number of aliphatic carboxylic acids is 1. The van der Waals surface area contributed by atoms with Crippen molar-refractivity contribution in [2.24, 2.45) is 0 Å². The molecule has 0 saturated carbocycles. The Morgan fingerprint density at radius 1 is 1.15 bits per heavy atom. The normalized spacial score (nSPS) is 10.4. The largest absolute Gasteiger partial charge is 0.481 e. The van der Waals surface area contributed by atoms with Crippen molar-refractivity contribution in [1.82, 2.24) is 15.1 Å². The number of hydrogen-bond acceptors (Lipinski definition) is 4. The number of nitrogens with one attached hydrogen (secondary N) is 1. The summed E-state index contributed by atoms with van der Waals surface area (Å²) >= 11 is 0. The van der Waals surface area contributed by atoms with Crippen LogP contribution in [-0.2, 0) is 14.4 Å². The van der Waals surface area contributed by atoms with Crippen LogP contribution < -0.4 is 5.32 Å². The summed E-state index contributed by atoms with van der Waals surface area (Å²) in [6.07, 6.45) is 0.851. The second-order valence-corrected chi connectivity index (χ2v) is 4.61. The highest BCUT2D eigenvalue weighted by Crippen LogP contribution is 1.95. The standard InChI is InChI=1S/C13H25N3O4/c1-4-7-14-11(17)9-15(3)12(18)10-16(5-2)8-6-13(19)20/h4-10H2,1-3H3,(H,14,17)(H,19,20). The number of rotatable bonds is 10. The van der Waals surface area contributed by atoms with Gasteiger partial charge >= 0.3 is 5.97 Å². The van der Waals surface area contributed by atoms with Crippen LogP contribution in [0.5, 0.6) is 0 Å². The second kappa shape index (κ2) is 10.2. The molecular formula is C13H25N3O4. The van der Waals surface area contributed by atoms with Crippen LogP contribution in [-0.4, -0.2) is 72.5 Å². The van der Waals surface area contributed by atoms with Crippen LogP contribution in [0.4, 0.5) is 0 Å². The Hall–Kier alpha value is -1.63. The topological polar surface area (TPSA) is 90.0 Å². The first-order valence-electron chi connectivity index (χ1n) is 6.85. The second-order valence-electron chi connectivity index (χ2n) is 4.61. The van der Waals surface area contributed by atoms with Crippen LogP contribution in [0.1, 0.15) is 26.7 Å². The summed E-state index contributed by atoms with van der Waals surface area (Å²) in [5, 5.41) is 11.3. The van der Waals surface area contributed by atoms with Gasteiger partial charge in [-0.25, -0.2) is 0 Å². The molecule has 2 N–H and O–H groups in total. The number of carbonyl (C=O) groups is 3. The van der Waals surface area contributed by atoms with Crippen molar-refractivity contribution in [3.63, 3.8) is 0 Å². The van der Waals surface area contributed by atoms with Crippen molar-refractivity contribution in [2.45, 2.75) is 26.7 Å². The monoisotopic (exact) mass is 287 g/mol. The minimum absolute atomic E-state index is 0.00181. The molecule has 0 aromatic carbocycles. The van der Waals surface area contributed by atoms with Crippen LogP contribution in [0.2, 0.25) is 0 Å². The highest BCUT2D eigenvalue weighted by atomic mass is 16.4. The summed E-state index contributed by atoms with van der Waals surface area (Å²) in [6.45, 7) is 5.49. The lowest BCUT2D eigenvalue weighted by molar-refractivity contribution is -0.138. The van der Waals surface area contributed by atoms with E-state index in [1.807, 2.05) is 13.8 Å². The molecule has 0 fully saturated rings. The van der Waals surface area contributed by atoms with Gasteiger partial charge in [0.25, 0.3) is 0 Å². The Morgan fingerprint density at radius 3 is 2.30 bits per heavy atom. The van der Waals surface area contributed by atoms with Gasteiger partial charge in [0, 0.05) is 20.1 Å². The zero-order chi connectivity index (χ0) is 15.5. The summed E-state index contributed by atoms with van der Waals surface area (Å²) in [5.74, 6) is -1.26. The Kier molecular flexibility index (Phi) is 9.36. The van der Waals surface area contributed by atoms with Gasteiger partial charge in [0.2, 0.25) is 11.8 Å². The number of carboxylic acids is 1. The van der Waals surface area contributed by atoms with Crippen LogP contribution >= 0.6 is 0 Å². The van der Waals surface area contributed by atoms with E-state index >= 15 is 0 Å². The van der Waals surface area contributed by atoms with E-state index in [4.69, 9.17) is 5.11 Å². The molecule has 0 rings (SSSR count). The highest BCUT2D eigenvalue weighted by molar-refractivity contribution is 5.85. The molecule has 0 aromatic heterocycles. The molecule has 0 spiro atoms. The maximum Gasteiger partial charge on any atom is 0.304 e. The molecule has 0 aliphatic heterocycles. The summed E-state index contributed by atoms with van der Waals surface area (Å²) in [4.78, 5) is 37.0. The molecule has 0 bridgehead atoms. The molecule has 0 radical (unpaired) electrons. The van der Waals surface area contributed by atoms with Gasteiger partial charge in [-0.3, -0.25) is 19.3 Å². The van der Waals surface area contributed by atoms with E-state index in [2.05, 4.69) is 5.32 Å². The van der Waals surface area contributed by atoms with E-state index < -0.39 is 5.97 Å². The molecule has 0 aliphatic carbocycles. The van der Waals surface area contributed by atoms with Crippen molar-refractivity contribution >= 4 is 17.8 Å². The minimum Gasteiger partial charge on any atom is -0.481 e. The number of carboxylic acid groups (broad SMARTS) is 1. The first kappa shape index (κ1) is 18.4. The van der Waals surface area contributed by atoms with E-state index in [-0.39, 0.29) is 31.3 Å². The van der Waals surface area contributed by atoms with E-state index in [0.29, 0.717) is 19.6 Å². The van der Waals surface area contributed by atoms with Gasteiger partial charge in [0.1, 0.15) is 0 Å². The maximum absolute atomic E-state index is 11.9. The average Bonchev–Trinajstić information content (AvgIpc) is 2.40. The van der Waals surface area contributed by atoms with E-state index in [1.165, 1.54) is 4.90 Å². The number of likely N-dealkylation sites (N-methyl/N-ethyl adjacent to an activating group) is 2. The summed E-state index contributed by atoms with van der Waals surface area (Å²) in [6, 6.07) is 0. The molecule has 0 saturated heterocycles. The van der Waals surface area contributed by atoms with Crippen molar-refractivity contribution in [1.29, 1.82) is 0 Å². The molecular weight excluding hydrogens is 262 g/mol. The van der Waals surface area contributed by atoms with Gasteiger partial charge in [-0.15, -0.1) is 0 Å². The van der Waals surface area contributed by atoms with E-state index in [1.54, 1.807) is 11.9 Å². The van der Waals surface area contributed by atoms with E-state index in [0.717, 1.165) is 6.42 Å². The summed E-state index contributed by atoms with van der Waals surface area (Å²) < 4.78 is 0. The lowest BCUT2D eigenvalue weighted by Crippen LogP contribution is -2.43. The van der Waals surface area contributed by atoms with Gasteiger partial charge < -0.3 is 15.3 Å². The van der Waals surface area contributed by atoms with Crippen LogP contribution in [0.15, 0.2) is 0 Å². The molecule has 116 valence electrons. The lowest BCUT2D eigenvalue weighted by atomic mass is 10.3. The number of nitrogens with zero attached hydrogens (tertiary/aromatic N) is 2. The van der Waals surface area contributed by atoms with E-state index in [9.17, 15) is 14.4 Å². The Bertz CT molecular complexity index is 334. The first-order valence-corrected chi connectivity index (χ1v) is 6.85. The minimum atomic E-state index is -0.886. The number of hydrogen-bond donors (Lipinski definition) is 2. The van der Waals surface area contributed by atoms with Crippen LogP contribution in [0.25, 0.3) is 0 Å². The quantitative estimate of drug-likeness (QED) is 0.579. The fraction of sp³-hybridized carbons (Fsp3) is 0.769. The zero-order valence-corrected chi connectivity index (χ0v) is 12.5. The smallest absolute Gasteiger partial charge is 0.304 e. The molecule has 2 amide bonds. The molecule has 0 aromatic rings. The third kappa shape index (κ3) is 8.47. The zero-order valence-electron chi connectivity index (χ0n) is 12.5. The highest BCUT2D eigenvalue weighted by Gasteiger charge is 2.16. The van der Waals surface area contributed by atoms with Gasteiger partial charge in [0.15, 0.2) is 0 Å². The van der Waals surface area contributed by atoms with Crippen LogP contribution in [0.3, 0.4) is 0 Å². The fourth-order valence-electron chi connectivity index (χ4n) is 1.54. The fourth-order valence-corrected chi connectivity index (χ4v) is 1.54. The molecule has 7 nitrogen and oxygen atoms in total. The molecule has 20 heavy (non-hydrogen) atoms. The third-order valence-corrected chi connectivity index (χ3v) is 2.83. The van der Waals surface area contributed by atoms with Crippen molar-refractivity contribution in [3.05, 3.63) is 0 Å². The predicted octanol–water partition coefficient (Wildman–Crippen LogP) is -0.232. The Balaban J connectivity index is 4.15. The average molecular weight is 287 g/mol. The molecule has 0 aliphatic rings. The predicted molar refractivity (Wildman–Crippen MR) is 75.3 cm³/mol. The lowest BCUT2D eigenvalue weighted by Gasteiger charge is -2.23. The Labute approximate surface area is 119 Å². The van der Waals surface area contributed by atoms with Crippen molar-refractivity contribution in [2.75, 3.05) is 39.8 Å². The Morgan fingerprint density at radius 2 is 1.80 bits per heavy atom. The third-order valence-electron chi connectivity index (χ3n) is 2.83. The SMILES string of the molecule is CCCNC(=O)CN(C)C(=O)CN(CC)CCC(=O)O. The first-order chi connectivity index (χ1) is 9.40. The number of carbonyl (C=O) groups excluding carboxylic acids is 2. The maximum atomic E-state index is 11.9. The molecule has 0 unspecified atom stereocenters. The molecule has 7 heteroatoms. The summed E-state index contributed by atoms with van der Waals surface area (Å²) in [7, 11) is 1.57. The van der Waals surface area contributed by atoms with Gasteiger partial charge in [-0.2, -0.15) is 0 Å². The van der Waals surface area contributed by atoms with Crippen molar-refractivity contribution in [3.8, 4) is 0 Å². The van der Waals surface area contributed by atoms with Gasteiger partial charge in [-0.1, -0.05) is 13.8 Å². The molecule has 0 heterocycles. The van der Waals surface area contributed by atoms with Crippen LogP contribution in [0, 0.1) is 0 Å². The van der Waals surface area contributed by atoms with Gasteiger partial charge in [-0.05, 0) is 13.0 Å². The van der Waals surface area contributed by atoms with Gasteiger partial charge in [0.05, 0.1) is 19.5 Å². The molecule has 0 atom stereocenters.